The highest BCUT2D eigenvalue weighted by atomic mass is 79.9. The number of nitrogens with one attached hydrogen (secondary N) is 1. The molecule has 0 aromatic heterocycles. The van der Waals surface area contributed by atoms with E-state index in [-0.39, 0.29) is 0 Å². The summed E-state index contributed by atoms with van der Waals surface area (Å²) in [7, 11) is 2.25. The zero-order chi connectivity index (χ0) is 15.4. The van der Waals surface area contributed by atoms with Crippen molar-refractivity contribution in [1.29, 1.82) is 0 Å². The van der Waals surface area contributed by atoms with Crippen molar-refractivity contribution in [2.75, 3.05) is 11.9 Å². The molecule has 2 atom stereocenters. The maximum Gasteiger partial charge on any atom is 0.0510 e. The Bertz CT molecular complexity index is 459. The Morgan fingerprint density at radius 1 is 1.29 bits per heavy atom. The third-order valence-corrected chi connectivity index (χ3v) is 5.31. The van der Waals surface area contributed by atoms with Crippen LogP contribution in [0.4, 0.5) is 5.69 Å². The zero-order valence-electron chi connectivity index (χ0n) is 13.8. The van der Waals surface area contributed by atoms with Crippen molar-refractivity contribution < 1.29 is 0 Å². The van der Waals surface area contributed by atoms with E-state index in [1.54, 1.807) is 0 Å². The molecule has 0 radical (unpaired) electrons. The monoisotopic (exact) mass is 352 g/mol. The Kier molecular flexibility index (Phi) is 6.12. The number of nitrogens with zero attached hydrogens (tertiary/aromatic N) is 1. The van der Waals surface area contributed by atoms with Crippen LogP contribution in [0.25, 0.3) is 0 Å². The quantitative estimate of drug-likeness (QED) is 0.805. The molecule has 1 aromatic carbocycles. The maximum absolute atomic E-state index is 3.77. The molecule has 1 N–H and O–H groups in total. The number of anilines is 1. The molecule has 1 fully saturated rings. The lowest BCUT2D eigenvalue weighted by Crippen LogP contribution is -2.39. The largest absolute Gasteiger partial charge is 0.370 e. The Labute approximate surface area is 138 Å². The van der Waals surface area contributed by atoms with E-state index in [9.17, 15) is 0 Å². The highest BCUT2D eigenvalue weighted by Gasteiger charge is 2.26. The molecule has 1 aromatic rings. The van der Waals surface area contributed by atoms with Crippen LogP contribution in [-0.2, 0) is 6.54 Å². The minimum absolute atomic E-state index is 0.522. The summed E-state index contributed by atoms with van der Waals surface area (Å²) >= 11 is 3.77. The summed E-state index contributed by atoms with van der Waals surface area (Å²) < 4.78 is 1.21. The van der Waals surface area contributed by atoms with Gasteiger partial charge in [0.1, 0.15) is 0 Å². The lowest BCUT2D eigenvalue weighted by atomic mass is 9.85. The molecule has 2 rings (SSSR count). The third kappa shape index (κ3) is 4.46. The molecule has 2 nitrogen and oxygen atoms in total. The molecule has 1 aliphatic rings. The Hall–Kier alpha value is -0.540. The van der Waals surface area contributed by atoms with Crippen molar-refractivity contribution in [3.8, 4) is 0 Å². The predicted molar refractivity (Wildman–Crippen MR) is 95.9 cm³/mol. The molecule has 0 bridgehead atoms. The van der Waals surface area contributed by atoms with E-state index >= 15 is 0 Å². The van der Waals surface area contributed by atoms with Gasteiger partial charge in [0.2, 0.25) is 0 Å². The second-order valence-electron chi connectivity index (χ2n) is 6.76. The second kappa shape index (κ2) is 7.64. The molecule has 0 aliphatic heterocycles. The van der Waals surface area contributed by atoms with Crippen LogP contribution in [0.5, 0.6) is 0 Å². The smallest absolute Gasteiger partial charge is 0.0510 e. The first-order chi connectivity index (χ1) is 9.99. The summed E-state index contributed by atoms with van der Waals surface area (Å²) in [5.74, 6) is 0.790. The predicted octanol–water partition coefficient (Wildman–Crippen LogP) is 4.96. The molecule has 3 heteroatoms. The second-order valence-corrected chi connectivity index (χ2v) is 7.62. The maximum atomic E-state index is 3.77. The molecule has 1 saturated carbocycles. The van der Waals surface area contributed by atoms with E-state index in [1.807, 2.05) is 0 Å². The summed E-state index contributed by atoms with van der Waals surface area (Å²) in [5.41, 5.74) is 2.66. The lowest BCUT2D eigenvalue weighted by Gasteiger charge is -2.38. The van der Waals surface area contributed by atoms with E-state index in [1.165, 1.54) is 41.4 Å². The first-order valence-electron chi connectivity index (χ1n) is 8.23. The minimum Gasteiger partial charge on any atom is -0.370 e. The van der Waals surface area contributed by atoms with E-state index in [0.29, 0.717) is 12.1 Å². The summed E-state index contributed by atoms with van der Waals surface area (Å²) in [6, 6.07) is 7.97. The van der Waals surface area contributed by atoms with Crippen molar-refractivity contribution >= 4 is 21.6 Å². The van der Waals surface area contributed by atoms with E-state index in [0.717, 1.165) is 12.5 Å². The van der Waals surface area contributed by atoms with Crippen LogP contribution in [0.1, 0.15) is 52.0 Å². The fraction of sp³-hybridized carbons (Fsp3) is 0.667. The van der Waals surface area contributed by atoms with E-state index in [4.69, 9.17) is 0 Å². The Morgan fingerprint density at radius 3 is 2.62 bits per heavy atom. The number of hydrogen-bond donors (Lipinski definition) is 1. The lowest BCUT2D eigenvalue weighted by molar-refractivity contribution is 0.321. The summed E-state index contributed by atoms with van der Waals surface area (Å²) in [4.78, 5) is 2.48. The van der Waals surface area contributed by atoms with Crippen LogP contribution in [0.2, 0.25) is 0 Å². The fourth-order valence-corrected chi connectivity index (χ4v) is 4.02. The van der Waals surface area contributed by atoms with Crippen LogP contribution in [0.15, 0.2) is 22.7 Å². The highest BCUT2D eigenvalue weighted by Crippen LogP contribution is 2.34. The Morgan fingerprint density at radius 2 is 2.00 bits per heavy atom. The molecule has 21 heavy (non-hydrogen) atoms. The third-order valence-electron chi connectivity index (χ3n) is 4.67. The van der Waals surface area contributed by atoms with Crippen LogP contribution < -0.4 is 10.2 Å². The molecular weight excluding hydrogens is 324 g/mol. The minimum atomic E-state index is 0.522. The molecule has 0 amide bonds. The molecule has 118 valence electrons. The number of hydrogen-bond acceptors (Lipinski definition) is 2. The first kappa shape index (κ1) is 16.8. The van der Waals surface area contributed by atoms with Crippen molar-refractivity contribution in [3.05, 3.63) is 28.2 Å². The zero-order valence-corrected chi connectivity index (χ0v) is 15.4. The van der Waals surface area contributed by atoms with Crippen molar-refractivity contribution in [2.45, 2.75) is 65.1 Å². The fourth-order valence-electron chi connectivity index (χ4n) is 3.32. The van der Waals surface area contributed by atoms with Gasteiger partial charge in [0.05, 0.1) is 5.69 Å². The molecular formula is C18H29BrN2. The number of rotatable bonds is 5. The van der Waals surface area contributed by atoms with Gasteiger partial charge in [0.15, 0.2) is 0 Å². The van der Waals surface area contributed by atoms with Gasteiger partial charge in [0, 0.05) is 30.1 Å². The normalized spacial score (nSPS) is 22.6. The average Bonchev–Trinajstić information content (AvgIpc) is 2.45. The molecule has 1 aliphatic carbocycles. The number of benzene rings is 1. The van der Waals surface area contributed by atoms with Crippen LogP contribution in [0.3, 0.4) is 0 Å². The average molecular weight is 353 g/mol. The van der Waals surface area contributed by atoms with Gasteiger partial charge in [0.25, 0.3) is 0 Å². The van der Waals surface area contributed by atoms with Crippen molar-refractivity contribution in [3.63, 3.8) is 0 Å². The van der Waals surface area contributed by atoms with Gasteiger partial charge in [-0.05, 0) is 52.4 Å². The van der Waals surface area contributed by atoms with Gasteiger partial charge in [-0.15, -0.1) is 0 Å². The molecule has 0 spiro atoms. The highest BCUT2D eigenvalue weighted by molar-refractivity contribution is 9.10. The summed E-state index contributed by atoms with van der Waals surface area (Å²) in [6.45, 7) is 7.69. The van der Waals surface area contributed by atoms with Gasteiger partial charge in [-0.2, -0.15) is 0 Å². The number of halogens is 1. The van der Waals surface area contributed by atoms with Gasteiger partial charge in [-0.1, -0.05) is 39.7 Å². The van der Waals surface area contributed by atoms with Gasteiger partial charge < -0.3 is 10.2 Å². The SMILES string of the molecule is CC(C)NCc1ccc(N(C)C2CCCCC2C)c(Br)c1. The standard InChI is InChI=1S/C18H29BrN2/c1-13(2)20-12-15-9-10-18(16(19)11-15)21(4)17-8-6-5-7-14(17)3/h9-11,13-14,17,20H,5-8,12H2,1-4H3. The summed E-state index contributed by atoms with van der Waals surface area (Å²) in [6.07, 6.45) is 5.45. The Balaban J connectivity index is 2.08. The topological polar surface area (TPSA) is 15.3 Å². The van der Waals surface area contributed by atoms with Gasteiger partial charge in [-0.3, -0.25) is 0 Å². The van der Waals surface area contributed by atoms with Crippen LogP contribution in [0, 0.1) is 5.92 Å². The van der Waals surface area contributed by atoms with E-state index < -0.39 is 0 Å². The van der Waals surface area contributed by atoms with Crippen LogP contribution >= 0.6 is 15.9 Å². The van der Waals surface area contributed by atoms with Gasteiger partial charge in [-0.25, -0.2) is 0 Å². The van der Waals surface area contributed by atoms with Crippen molar-refractivity contribution in [2.24, 2.45) is 5.92 Å². The molecule has 0 saturated heterocycles. The first-order valence-corrected chi connectivity index (χ1v) is 9.03. The molecule has 0 heterocycles. The van der Waals surface area contributed by atoms with Crippen LogP contribution in [-0.4, -0.2) is 19.1 Å². The van der Waals surface area contributed by atoms with E-state index in [2.05, 4.69) is 72.2 Å². The summed E-state index contributed by atoms with van der Waals surface area (Å²) in [5, 5.41) is 3.47. The van der Waals surface area contributed by atoms with Gasteiger partial charge >= 0.3 is 0 Å². The molecule has 2 unspecified atom stereocenters. The van der Waals surface area contributed by atoms with Crippen molar-refractivity contribution in [1.82, 2.24) is 5.32 Å².